The third-order valence-corrected chi connectivity index (χ3v) is 3.77. The molecule has 1 N–H and O–H groups in total. The molecule has 1 spiro atoms. The highest BCUT2D eigenvalue weighted by atomic mass is 127. The number of likely N-dealkylation sites (tertiary alicyclic amines) is 1. The van der Waals surface area contributed by atoms with E-state index >= 15 is 0 Å². The van der Waals surface area contributed by atoms with Crippen molar-refractivity contribution in [3.8, 4) is 0 Å². The second kappa shape index (κ2) is 5.89. The molecule has 1 aliphatic heterocycles. The summed E-state index contributed by atoms with van der Waals surface area (Å²) in [6.07, 6.45) is 7.48. The fourth-order valence-corrected chi connectivity index (χ4v) is 2.70. The van der Waals surface area contributed by atoms with Crippen LogP contribution in [0.4, 0.5) is 0 Å². The molecule has 0 bridgehead atoms. The molecule has 2 aliphatic rings. The van der Waals surface area contributed by atoms with Gasteiger partial charge >= 0.3 is 0 Å². The van der Waals surface area contributed by atoms with E-state index in [-0.39, 0.29) is 24.0 Å². The molecule has 4 heteroatoms. The molecule has 0 aromatic rings. The van der Waals surface area contributed by atoms with Crippen molar-refractivity contribution in [2.45, 2.75) is 25.7 Å². The van der Waals surface area contributed by atoms with Gasteiger partial charge in [-0.2, -0.15) is 0 Å². The number of nitrogens with zero attached hydrogens (tertiary/aromatic N) is 2. The number of hydrogen-bond donors (Lipinski definition) is 1. The standard InChI is InChI=1S/C12H21N3.HI/c1-3-8-14-11(13-2)15-9-7-12(10-15)5-4-6-12;/h3H,1,4-10H2,2H3,(H,13,14);1H. The predicted molar refractivity (Wildman–Crippen MR) is 79.4 cm³/mol. The van der Waals surface area contributed by atoms with Crippen LogP contribution in [0.15, 0.2) is 17.6 Å². The van der Waals surface area contributed by atoms with Gasteiger partial charge in [-0.1, -0.05) is 12.5 Å². The molecule has 3 nitrogen and oxygen atoms in total. The Kier molecular flexibility index (Phi) is 5.08. The minimum atomic E-state index is 0. The van der Waals surface area contributed by atoms with Gasteiger partial charge < -0.3 is 10.2 Å². The molecule has 1 heterocycles. The van der Waals surface area contributed by atoms with E-state index in [0.717, 1.165) is 19.0 Å². The Morgan fingerprint density at radius 1 is 1.50 bits per heavy atom. The van der Waals surface area contributed by atoms with Crippen molar-refractivity contribution in [2.75, 3.05) is 26.7 Å². The highest BCUT2D eigenvalue weighted by Crippen LogP contribution is 2.47. The van der Waals surface area contributed by atoms with Crippen molar-refractivity contribution < 1.29 is 0 Å². The third kappa shape index (κ3) is 2.70. The Hall–Kier alpha value is -0.260. The van der Waals surface area contributed by atoms with Gasteiger partial charge in [0.05, 0.1) is 0 Å². The van der Waals surface area contributed by atoms with Crippen molar-refractivity contribution in [3.05, 3.63) is 12.7 Å². The predicted octanol–water partition coefficient (Wildman–Crippen LogP) is 2.24. The molecule has 1 saturated heterocycles. The van der Waals surface area contributed by atoms with E-state index in [1.54, 1.807) is 0 Å². The number of halogens is 1. The fraction of sp³-hybridized carbons (Fsp3) is 0.750. The average molecular weight is 335 g/mol. The van der Waals surface area contributed by atoms with E-state index in [1.807, 2.05) is 13.1 Å². The zero-order chi connectivity index (χ0) is 10.7. The van der Waals surface area contributed by atoms with E-state index in [1.165, 1.54) is 32.2 Å². The molecule has 2 fully saturated rings. The smallest absolute Gasteiger partial charge is 0.193 e. The van der Waals surface area contributed by atoms with Gasteiger partial charge in [0, 0.05) is 26.7 Å². The van der Waals surface area contributed by atoms with Gasteiger partial charge in [0.2, 0.25) is 0 Å². The van der Waals surface area contributed by atoms with Gasteiger partial charge in [-0.15, -0.1) is 30.6 Å². The first-order valence-corrected chi connectivity index (χ1v) is 5.86. The Morgan fingerprint density at radius 2 is 2.25 bits per heavy atom. The van der Waals surface area contributed by atoms with E-state index in [9.17, 15) is 0 Å². The first-order valence-electron chi connectivity index (χ1n) is 5.86. The van der Waals surface area contributed by atoms with Gasteiger partial charge in [-0.3, -0.25) is 4.99 Å². The molecule has 0 aromatic heterocycles. The molecule has 1 saturated carbocycles. The summed E-state index contributed by atoms with van der Waals surface area (Å²) >= 11 is 0. The largest absolute Gasteiger partial charge is 0.353 e. The van der Waals surface area contributed by atoms with Crippen molar-refractivity contribution >= 4 is 29.9 Å². The number of hydrogen-bond acceptors (Lipinski definition) is 1. The van der Waals surface area contributed by atoms with E-state index < -0.39 is 0 Å². The van der Waals surface area contributed by atoms with Crippen LogP contribution in [-0.4, -0.2) is 37.5 Å². The maximum Gasteiger partial charge on any atom is 0.193 e. The minimum Gasteiger partial charge on any atom is -0.353 e. The van der Waals surface area contributed by atoms with Crippen LogP contribution in [0, 0.1) is 5.41 Å². The van der Waals surface area contributed by atoms with Crippen molar-refractivity contribution in [1.82, 2.24) is 10.2 Å². The van der Waals surface area contributed by atoms with Gasteiger partial charge in [-0.25, -0.2) is 0 Å². The van der Waals surface area contributed by atoms with Crippen LogP contribution < -0.4 is 5.32 Å². The maximum absolute atomic E-state index is 4.32. The van der Waals surface area contributed by atoms with Crippen LogP contribution in [0.2, 0.25) is 0 Å². The van der Waals surface area contributed by atoms with E-state index in [4.69, 9.17) is 0 Å². The van der Waals surface area contributed by atoms with Gasteiger partial charge in [0.15, 0.2) is 5.96 Å². The highest BCUT2D eigenvalue weighted by Gasteiger charge is 2.43. The molecule has 0 aromatic carbocycles. The maximum atomic E-state index is 4.32. The summed E-state index contributed by atoms with van der Waals surface area (Å²) in [5.41, 5.74) is 0.645. The molecule has 16 heavy (non-hydrogen) atoms. The van der Waals surface area contributed by atoms with Crippen molar-refractivity contribution in [3.63, 3.8) is 0 Å². The normalized spacial score (nSPS) is 22.6. The van der Waals surface area contributed by atoms with Crippen molar-refractivity contribution in [1.29, 1.82) is 0 Å². The van der Waals surface area contributed by atoms with Crippen LogP contribution in [-0.2, 0) is 0 Å². The van der Waals surface area contributed by atoms with Crippen LogP contribution in [0.3, 0.4) is 0 Å². The number of rotatable bonds is 2. The first-order chi connectivity index (χ1) is 7.29. The molecule has 0 amide bonds. The molecule has 1 aliphatic carbocycles. The number of nitrogens with one attached hydrogen (secondary N) is 1. The summed E-state index contributed by atoms with van der Waals surface area (Å²) in [5.74, 6) is 1.04. The summed E-state index contributed by atoms with van der Waals surface area (Å²) in [4.78, 5) is 6.71. The molecule has 2 rings (SSSR count). The quantitative estimate of drug-likeness (QED) is 0.363. The summed E-state index contributed by atoms with van der Waals surface area (Å²) < 4.78 is 0. The lowest BCUT2D eigenvalue weighted by molar-refractivity contribution is 0.151. The van der Waals surface area contributed by atoms with Crippen LogP contribution >= 0.6 is 24.0 Å². The first kappa shape index (κ1) is 13.8. The summed E-state index contributed by atoms with van der Waals surface area (Å²) in [6.45, 7) is 6.88. The number of guanidine groups is 1. The van der Waals surface area contributed by atoms with E-state index in [0.29, 0.717) is 5.41 Å². The Morgan fingerprint density at radius 3 is 2.69 bits per heavy atom. The monoisotopic (exact) mass is 335 g/mol. The molecule has 0 atom stereocenters. The number of aliphatic imine (C=N–C) groups is 1. The topological polar surface area (TPSA) is 27.6 Å². The lowest BCUT2D eigenvalue weighted by Gasteiger charge is -2.38. The zero-order valence-corrected chi connectivity index (χ0v) is 12.4. The van der Waals surface area contributed by atoms with Gasteiger partial charge in [0.25, 0.3) is 0 Å². The lowest BCUT2D eigenvalue weighted by atomic mass is 9.68. The van der Waals surface area contributed by atoms with Crippen LogP contribution in [0.5, 0.6) is 0 Å². The van der Waals surface area contributed by atoms with Gasteiger partial charge in [-0.05, 0) is 24.7 Å². The molecule has 0 radical (unpaired) electrons. The SMILES string of the molecule is C=CCNC(=NC)N1CCC2(CCC2)C1.I. The highest BCUT2D eigenvalue weighted by molar-refractivity contribution is 14.0. The molecular formula is C12H22IN3. The summed E-state index contributed by atoms with van der Waals surface area (Å²) in [7, 11) is 1.86. The zero-order valence-electron chi connectivity index (χ0n) is 10.0. The second-order valence-electron chi connectivity index (χ2n) is 4.74. The lowest BCUT2D eigenvalue weighted by Crippen LogP contribution is -2.42. The second-order valence-corrected chi connectivity index (χ2v) is 4.74. The van der Waals surface area contributed by atoms with E-state index in [2.05, 4.69) is 21.8 Å². The minimum absolute atomic E-state index is 0. The fourth-order valence-electron chi connectivity index (χ4n) is 2.70. The molecule has 0 unspecified atom stereocenters. The van der Waals surface area contributed by atoms with Crippen molar-refractivity contribution in [2.24, 2.45) is 10.4 Å². The summed E-state index contributed by atoms with van der Waals surface area (Å²) in [5, 5.41) is 3.30. The molecular weight excluding hydrogens is 313 g/mol. The van der Waals surface area contributed by atoms with Gasteiger partial charge in [0.1, 0.15) is 0 Å². The Labute approximate surface area is 115 Å². The average Bonchev–Trinajstić information content (AvgIpc) is 2.64. The summed E-state index contributed by atoms with van der Waals surface area (Å²) in [6, 6.07) is 0. The third-order valence-electron chi connectivity index (χ3n) is 3.77. The molecule has 92 valence electrons. The van der Waals surface area contributed by atoms with Crippen LogP contribution in [0.25, 0.3) is 0 Å². The Bertz CT molecular complexity index is 271. The van der Waals surface area contributed by atoms with Crippen LogP contribution in [0.1, 0.15) is 25.7 Å². The Balaban J connectivity index is 0.00000128.